The summed E-state index contributed by atoms with van der Waals surface area (Å²) in [5.41, 5.74) is 1.14. The van der Waals surface area contributed by atoms with Crippen molar-refractivity contribution in [3.8, 4) is 5.75 Å². The Bertz CT molecular complexity index is 1110. The Hall–Kier alpha value is -3.74. The number of hydrogen-bond donors (Lipinski definition) is 1. The predicted octanol–water partition coefficient (Wildman–Crippen LogP) is 3.56. The highest BCUT2D eigenvalue weighted by molar-refractivity contribution is 5.92. The van der Waals surface area contributed by atoms with E-state index >= 15 is 0 Å². The first-order chi connectivity index (χ1) is 14.2. The van der Waals surface area contributed by atoms with Crippen molar-refractivity contribution in [2.24, 2.45) is 0 Å². The van der Waals surface area contributed by atoms with Crippen molar-refractivity contribution in [1.29, 1.82) is 0 Å². The molecule has 4 rings (SSSR count). The molecule has 1 aromatic carbocycles. The molecule has 0 aliphatic carbocycles. The van der Waals surface area contributed by atoms with Crippen LogP contribution < -0.4 is 10.1 Å². The number of ether oxygens (including phenoxy) is 1. The third-order valence-corrected chi connectivity index (χ3v) is 4.40. The highest BCUT2D eigenvalue weighted by Gasteiger charge is 2.16. The van der Waals surface area contributed by atoms with Gasteiger partial charge in [-0.2, -0.15) is 0 Å². The normalized spacial score (nSPS) is 11.9. The van der Waals surface area contributed by atoms with Crippen LogP contribution in [0.25, 0.3) is 10.8 Å². The molecule has 0 bridgehead atoms. The molecule has 1 amide bonds. The molecule has 0 radical (unpaired) electrons. The minimum atomic E-state index is -0.292. The van der Waals surface area contributed by atoms with E-state index < -0.39 is 0 Å². The second kappa shape index (κ2) is 8.52. The van der Waals surface area contributed by atoms with E-state index in [4.69, 9.17) is 9.15 Å². The lowest BCUT2D eigenvalue weighted by Crippen LogP contribution is -2.34. The quantitative estimate of drug-likeness (QED) is 0.521. The van der Waals surface area contributed by atoms with Crippen LogP contribution in [0.5, 0.6) is 5.75 Å². The van der Waals surface area contributed by atoms with E-state index in [9.17, 15) is 4.79 Å². The Morgan fingerprint density at radius 2 is 2.10 bits per heavy atom. The first-order valence-electron chi connectivity index (χ1n) is 9.30. The van der Waals surface area contributed by atoms with Crippen molar-refractivity contribution in [1.82, 2.24) is 20.3 Å². The zero-order chi connectivity index (χ0) is 20.1. The highest BCUT2D eigenvalue weighted by atomic mass is 16.5. The van der Waals surface area contributed by atoms with E-state index in [0.717, 1.165) is 16.5 Å². The molecule has 4 aromatic rings. The molecule has 0 spiro atoms. The number of carbonyl (C=O) groups is 1. The minimum absolute atomic E-state index is 0.0851. The molecule has 0 fully saturated rings. The second-order valence-corrected chi connectivity index (χ2v) is 6.67. The van der Waals surface area contributed by atoms with Crippen LogP contribution >= 0.6 is 0 Å². The molecule has 0 saturated carbocycles. The van der Waals surface area contributed by atoms with Crippen molar-refractivity contribution in [2.45, 2.75) is 26.0 Å². The number of fused-ring (bicyclic) bond motifs is 1. The molecule has 0 aliphatic heterocycles. The van der Waals surface area contributed by atoms with Gasteiger partial charge in [0.15, 0.2) is 12.3 Å². The van der Waals surface area contributed by atoms with E-state index in [1.54, 1.807) is 18.6 Å². The largest absolute Gasteiger partial charge is 0.483 e. The molecule has 7 nitrogen and oxygen atoms in total. The smallest absolute Gasteiger partial charge is 0.273 e. The van der Waals surface area contributed by atoms with Gasteiger partial charge >= 0.3 is 0 Å². The van der Waals surface area contributed by atoms with Crippen LogP contribution in [0.1, 0.15) is 29.0 Å². The third-order valence-electron chi connectivity index (χ3n) is 4.40. The lowest BCUT2D eigenvalue weighted by Gasteiger charge is -2.12. The van der Waals surface area contributed by atoms with Crippen molar-refractivity contribution in [3.05, 3.63) is 84.6 Å². The number of aromatic nitrogens is 3. The van der Waals surface area contributed by atoms with Gasteiger partial charge in [0.1, 0.15) is 12.0 Å². The van der Waals surface area contributed by atoms with Crippen LogP contribution in [0.4, 0.5) is 0 Å². The summed E-state index contributed by atoms with van der Waals surface area (Å²) in [4.78, 5) is 25.0. The number of benzene rings is 1. The lowest BCUT2D eigenvalue weighted by molar-refractivity contribution is 0.0935. The fourth-order valence-corrected chi connectivity index (χ4v) is 3.02. The number of amides is 1. The average molecular weight is 388 g/mol. The fourth-order valence-electron chi connectivity index (χ4n) is 3.02. The number of pyridine rings is 2. The van der Waals surface area contributed by atoms with Crippen LogP contribution in [-0.4, -0.2) is 26.9 Å². The van der Waals surface area contributed by atoms with Crippen molar-refractivity contribution < 1.29 is 13.9 Å². The van der Waals surface area contributed by atoms with E-state index in [2.05, 4.69) is 20.3 Å². The van der Waals surface area contributed by atoms with Crippen molar-refractivity contribution in [2.75, 3.05) is 0 Å². The van der Waals surface area contributed by atoms with Gasteiger partial charge in [-0.05, 0) is 31.2 Å². The molecule has 146 valence electrons. The molecule has 0 aliphatic rings. The Kier molecular flexibility index (Phi) is 5.47. The lowest BCUT2D eigenvalue weighted by atomic mass is 10.1. The van der Waals surface area contributed by atoms with Gasteiger partial charge in [-0.1, -0.05) is 18.2 Å². The minimum Gasteiger partial charge on any atom is -0.483 e. The average Bonchev–Trinajstić information content (AvgIpc) is 3.22. The van der Waals surface area contributed by atoms with Crippen molar-refractivity contribution in [3.63, 3.8) is 0 Å². The summed E-state index contributed by atoms with van der Waals surface area (Å²) in [6.07, 6.45) is 7.21. The van der Waals surface area contributed by atoms with E-state index in [1.807, 2.05) is 49.4 Å². The van der Waals surface area contributed by atoms with Gasteiger partial charge in [-0.3, -0.25) is 14.8 Å². The summed E-state index contributed by atoms with van der Waals surface area (Å²) in [7, 11) is 0. The maximum absolute atomic E-state index is 12.4. The Balaban J connectivity index is 1.36. The summed E-state index contributed by atoms with van der Waals surface area (Å²) in [5.74, 6) is 0.747. The fraction of sp³-hybridized carbons (Fsp3) is 0.182. The van der Waals surface area contributed by atoms with E-state index in [-0.39, 0.29) is 24.2 Å². The zero-order valence-corrected chi connectivity index (χ0v) is 15.9. The Labute approximate surface area is 167 Å². The summed E-state index contributed by atoms with van der Waals surface area (Å²) < 4.78 is 11.2. The highest BCUT2D eigenvalue weighted by Crippen LogP contribution is 2.25. The van der Waals surface area contributed by atoms with Gasteiger partial charge in [0, 0.05) is 47.5 Å². The molecule has 29 heavy (non-hydrogen) atoms. The van der Waals surface area contributed by atoms with Crippen LogP contribution in [0, 0.1) is 0 Å². The van der Waals surface area contributed by atoms with E-state index in [1.165, 1.54) is 6.26 Å². The Morgan fingerprint density at radius 1 is 1.17 bits per heavy atom. The molecule has 3 aromatic heterocycles. The topological polar surface area (TPSA) is 90.1 Å². The van der Waals surface area contributed by atoms with Crippen molar-refractivity contribution >= 4 is 16.7 Å². The van der Waals surface area contributed by atoms with Crippen LogP contribution in [0.3, 0.4) is 0 Å². The van der Waals surface area contributed by atoms with Gasteiger partial charge in [-0.25, -0.2) is 4.98 Å². The van der Waals surface area contributed by atoms with Crippen LogP contribution in [-0.2, 0) is 13.0 Å². The standard InChI is InChI=1S/C22H20N4O3/c1-15(11-17-6-2-3-9-24-17)25-22(27)19-13-29-21(26-19)14-28-20-7-4-5-16-12-23-10-8-18(16)20/h2-10,12-13,15H,11,14H2,1H3,(H,25,27)/t15-/m1/s1. The molecule has 1 atom stereocenters. The van der Waals surface area contributed by atoms with Crippen LogP contribution in [0.2, 0.25) is 0 Å². The number of nitrogens with zero attached hydrogens (tertiary/aromatic N) is 3. The molecule has 1 N–H and O–H groups in total. The number of rotatable bonds is 7. The number of hydrogen-bond acceptors (Lipinski definition) is 6. The van der Waals surface area contributed by atoms with E-state index in [0.29, 0.717) is 18.1 Å². The number of nitrogens with one attached hydrogen (secondary N) is 1. The van der Waals surface area contributed by atoms with Crippen LogP contribution in [0.15, 0.2) is 71.7 Å². The molecular weight excluding hydrogens is 368 g/mol. The third kappa shape index (κ3) is 4.57. The summed E-state index contributed by atoms with van der Waals surface area (Å²) >= 11 is 0. The summed E-state index contributed by atoms with van der Waals surface area (Å²) in [5, 5.41) is 4.85. The Morgan fingerprint density at radius 3 is 2.97 bits per heavy atom. The number of carbonyl (C=O) groups excluding carboxylic acids is 1. The van der Waals surface area contributed by atoms with Gasteiger partial charge in [0.05, 0.1) is 0 Å². The maximum atomic E-state index is 12.4. The summed E-state index contributed by atoms with van der Waals surface area (Å²) in [6.45, 7) is 2.05. The molecular formula is C22H20N4O3. The predicted molar refractivity (Wildman–Crippen MR) is 107 cm³/mol. The molecule has 7 heteroatoms. The molecule has 3 heterocycles. The summed E-state index contributed by atoms with van der Waals surface area (Å²) in [6, 6.07) is 13.3. The SMILES string of the molecule is C[C@H](Cc1ccccn1)NC(=O)c1coc(COc2cccc3cnccc23)n1. The second-order valence-electron chi connectivity index (χ2n) is 6.67. The molecule has 0 unspecified atom stereocenters. The monoisotopic (exact) mass is 388 g/mol. The van der Waals surface area contributed by atoms with Gasteiger partial charge in [-0.15, -0.1) is 0 Å². The first kappa shape index (κ1) is 18.6. The number of oxazole rings is 1. The van der Waals surface area contributed by atoms with Gasteiger partial charge in [0.2, 0.25) is 5.89 Å². The zero-order valence-electron chi connectivity index (χ0n) is 15.9. The van der Waals surface area contributed by atoms with Gasteiger partial charge in [0.25, 0.3) is 5.91 Å². The molecule has 0 saturated heterocycles. The van der Waals surface area contributed by atoms with Gasteiger partial charge < -0.3 is 14.5 Å². The first-order valence-corrected chi connectivity index (χ1v) is 9.30. The maximum Gasteiger partial charge on any atom is 0.273 e.